The maximum absolute atomic E-state index is 14.0. The third-order valence-electron chi connectivity index (χ3n) is 4.27. The van der Waals surface area contributed by atoms with Gasteiger partial charge in [0.05, 0.1) is 0 Å². The molecule has 1 fully saturated rings. The summed E-state index contributed by atoms with van der Waals surface area (Å²) < 4.78 is 14.0. The van der Waals surface area contributed by atoms with Gasteiger partial charge in [-0.2, -0.15) is 0 Å². The molecule has 112 valence electrons. The number of nitrogens with zero attached hydrogens (tertiary/aromatic N) is 1. The predicted molar refractivity (Wildman–Crippen MR) is 82.3 cm³/mol. The molecule has 1 atom stereocenters. The Hall–Kier alpha value is -0.930. The van der Waals surface area contributed by atoms with Crippen molar-refractivity contribution in [2.75, 3.05) is 26.7 Å². The second-order valence-electron chi connectivity index (χ2n) is 6.00. The van der Waals surface area contributed by atoms with Crippen molar-refractivity contribution in [2.45, 2.75) is 38.6 Å². The molecule has 1 N–H and O–H groups in total. The van der Waals surface area contributed by atoms with Crippen LogP contribution in [0.2, 0.25) is 0 Å². The molecule has 0 aromatic heterocycles. The van der Waals surface area contributed by atoms with Crippen LogP contribution >= 0.6 is 0 Å². The first-order valence-electron chi connectivity index (χ1n) is 7.87. The van der Waals surface area contributed by atoms with E-state index in [9.17, 15) is 4.39 Å². The lowest BCUT2D eigenvalue weighted by atomic mass is 10.0. The van der Waals surface area contributed by atoms with Crippen LogP contribution in [0, 0.1) is 11.7 Å². The SMILES string of the molecule is CCNC(CN(C)CC1CCCC1)c1ccccc1F. The molecule has 20 heavy (non-hydrogen) atoms. The van der Waals surface area contributed by atoms with Gasteiger partial charge in [0, 0.05) is 24.7 Å². The van der Waals surface area contributed by atoms with Crippen molar-refractivity contribution in [3.8, 4) is 0 Å². The number of benzene rings is 1. The number of hydrogen-bond acceptors (Lipinski definition) is 2. The second kappa shape index (κ2) is 7.75. The molecule has 2 nitrogen and oxygen atoms in total. The van der Waals surface area contributed by atoms with Crippen LogP contribution in [0.25, 0.3) is 0 Å². The highest BCUT2D eigenvalue weighted by Gasteiger charge is 2.20. The molecule has 0 radical (unpaired) electrons. The van der Waals surface area contributed by atoms with Crippen molar-refractivity contribution in [3.05, 3.63) is 35.6 Å². The molecule has 0 bridgehead atoms. The first-order chi connectivity index (χ1) is 9.70. The second-order valence-corrected chi connectivity index (χ2v) is 6.00. The van der Waals surface area contributed by atoms with Crippen LogP contribution in [0.4, 0.5) is 4.39 Å². The molecule has 0 amide bonds. The zero-order chi connectivity index (χ0) is 14.4. The van der Waals surface area contributed by atoms with Crippen LogP contribution in [0.3, 0.4) is 0 Å². The van der Waals surface area contributed by atoms with E-state index in [4.69, 9.17) is 0 Å². The van der Waals surface area contributed by atoms with Gasteiger partial charge < -0.3 is 10.2 Å². The minimum atomic E-state index is -0.104. The van der Waals surface area contributed by atoms with Crippen LogP contribution in [0.1, 0.15) is 44.2 Å². The van der Waals surface area contributed by atoms with Gasteiger partial charge in [-0.1, -0.05) is 38.0 Å². The van der Waals surface area contributed by atoms with Crippen molar-refractivity contribution >= 4 is 0 Å². The number of rotatable bonds is 7. The van der Waals surface area contributed by atoms with Crippen molar-refractivity contribution in [1.29, 1.82) is 0 Å². The van der Waals surface area contributed by atoms with E-state index in [1.54, 1.807) is 12.1 Å². The summed E-state index contributed by atoms with van der Waals surface area (Å²) >= 11 is 0. The molecule has 1 aromatic rings. The van der Waals surface area contributed by atoms with Crippen LogP contribution in [0.5, 0.6) is 0 Å². The lowest BCUT2D eigenvalue weighted by Crippen LogP contribution is -2.35. The van der Waals surface area contributed by atoms with Crippen LogP contribution in [-0.2, 0) is 0 Å². The van der Waals surface area contributed by atoms with Gasteiger partial charge in [-0.3, -0.25) is 0 Å². The Morgan fingerprint density at radius 1 is 1.30 bits per heavy atom. The van der Waals surface area contributed by atoms with Crippen molar-refractivity contribution in [3.63, 3.8) is 0 Å². The number of nitrogens with one attached hydrogen (secondary N) is 1. The van der Waals surface area contributed by atoms with Gasteiger partial charge >= 0.3 is 0 Å². The minimum Gasteiger partial charge on any atom is -0.309 e. The van der Waals surface area contributed by atoms with Gasteiger partial charge in [0.25, 0.3) is 0 Å². The Bertz CT molecular complexity index is 402. The maximum atomic E-state index is 14.0. The van der Waals surface area contributed by atoms with Gasteiger partial charge in [0.2, 0.25) is 0 Å². The summed E-state index contributed by atoms with van der Waals surface area (Å²) in [6.07, 6.45) is 5.47. The van der Waals surface area contributed by atoms with Crippen molar-refractivity contribution in [1.82, 2.24) is 10.2 Å². The molecule has 1 saturated carbocycles. The lowest BCUT2D eigenvalue weighted by molar-refractivity contribution is 0.248. The van der Waals surface area contributed by atoms with E-state index in [2.05, 4.69) is 24.2 Å². The van der Waals surface area contributed by atoms with Crippen LogP contribution in [0.15, 0.2) is 24.3 Å². The number of halogens is 1. The zero-order valence-electron chi connectivity index (χ0n) is 12.7. The van der Waals surface area contributed by atoms with Gasteiger partial charge in [0.15, 0.2) is 0 Å². The molecule has 2 rings (SSSR count). The third kappa shape index (κ3) is 4.29. The summed E-state index contributed by atoms with van der Waals surface area (Å²) in [6.45, 7) is 4.93. The van der Waals surface area contributed by atoms with Crippen molar-refractivity contribution < 1.29 is 4.39 Å². The molecule has 1 aliphatic carbocycles. The summed E-state index contributed by atoms with van der Waals surface area (Å²) in [5.41, 5.74) is 0.785. The predicted octanol–water partition coefficient (Wildman–Crippen LogP) is 3.60. The minimum absolute atomic E-state index is 0.0765. The standard InChI is InChI=1S/C17H27FN2/c1-3-19-17(15-10-6-7-11-16(15)18)13-20(2)12-14-8-4-5-9-14/h6-7,10-11,14,17,19H,3-5,8-9,12-13H2,1-2H3. The lowest BCUT2D eigenvalue weighted by Gasteiger charge is -2.27. The fourth-order valence-corrected chi connectivity index (χ4v) is 3.30. The fraction of sp³-hybridized carbons (Fsp3) is 0.647. The van der Waals surface area contributed by atoms with Crippen LogP contribution < -0.4 is 5.32 Å². The molecule has 3 heteroatoms. The van der Waals surface area contributed by atoms with E-state index in [1.807, 2.05) is 12.1 Å². The average Bonchev–Trinajstić information content (AvgIpc) is 2.91. The number of hydrogen-bond donors (Lipinski definition) is 1. The highest BCUT2D eigenvalue weighted by atomic mass is 19.1. The highest BCUT2D eigenvalue weighted by molar-refractivity contribution is 5.21. The molecular weight excluding hydrogens is 251 g/mol. The van der Waals surface area contributed by atoms with E-state index in [-0.39, 0.29) is 11.9 Å². The Balaban J connectivity index is 1.96. The summed E-state index contributed by atoms with van der Waals surface area (Å²) in [7, 11) is 2.16. The summed E-state index contributed by atoms with van der Waals surface area (Å²) in [5, 5.41) is 3.41. The fourth-order valence-electron chi connectivity index (χ4n) is 3.30. The average molecular weight is 278 g/mol. The normalized spacial score (nSPS) is 17.8. The van der Waals surface area contributed by atoms with Gasteiger partial charge in [-0.15, -0.1) is 0 Å². The molecule has 1 aliphatic rings. The molecule has 0 saturated heterocycles. The van der Waals surface area contributed by atoms with E-state index in [0.29, 0.717) is 0 Å². The monoisotopic (exact) mass is 278 g/mol. The quantitative estimate of drug-likeness (QED) is 0.820. The summed E-state index contributed by atoms with van der Waals surface area (Å²) in [4.78, 5) is 2.36. The molecule has 0 aliphatic heterocycles. The summed E-state index contributed by atoms with van der Waals surface area (Å²) in [5.74, 6) is 0.732. The van der Waals surface area contributed by atoms with Crippen molar-refractivity contribution in [2.24, 2.45) is 5.92 Å². The topological polar surface area (TPSA) is 15.3 Å². The molecular formula is C17H27FN2. The third-order valence-corrected chi connectivity index (χ3v) is 4.27. The Morgan fingerprint density at radius 3 is 2.65 bits per heavy atom. The first kappa shape index (κ1) is 15.5. The maximum Gasteiger partial charge on any atom is 0.128 e. The summed E-state index contributed by atoms with van der Waals surface area (Å²) in [6, 6.07) is 7.19. The first-order valence-corrected chi connectivity index (χ1v) is 7.87. The molecule has 0 heterocycles. The number of likely N-dealkylation sites (N-methyl/N-ethyl adjacent to an activating group) is 2. The van der Waals surface area contributed by atoms with Gasteiger partial charge in [-0.05, 0) is 38.4 Å². The molecule has 1 aromatic carbocycles. The smallest absolute Gasteiger partial charge is 0.128 e. The van der Waals surface area contributed by atoms with Gasteiger partial charge in [-0.25, -0.2) is 4.39 Å². The van der Waals surface area contributed by atoms with E-state index in [1.165, 1.54) is 25.7 Å². The van der Waals surface area contributed by atoms with E-state index < -0.39 is 0 Å². The molecule has 0 spiro atoms. The van der Waals surface area contributed by atoms with Gasteiger partial charge in [0.1, 0.15) is 5.82 Å². The Labute approximate surface area is 122 Å². The van der Waals surface area contributed by atoms with E-state index >= 15 is 0 Å². The Morgan fingerprint density at radius 2 is 2.00 bits per heavy atom. The molecule has 1 unspecified atom stereocenters. The zero-order valence-corrected chi connectivity index (χ0v) is 12.7. The van der Waals surface area contributed by atoms with E-state index in [0.717, 1.165) is 31.1 Å². The largest absolute Gasteiger partial charge is 0.309 e. The highest BCUT2D eigenvalue weighted by Crippen LogP contribution is 2.26. The van der Waals surface area contributed by atoms with Crippen LogP contribution in [-0.4, -0.2) is 31.6 Å². The Kier molecular flexibility index (Phi) is 5.99.